The molecule has 0 aliphatic heterocycles. The smallest absolute Gasteiger partial charge is 0.273 e. The van der Waals surface area contributed by atoms with Gasteiger partial charge in [0.25, 0.3) is 5.69 Å². The summed E-state index contributed by atoms with van der Waals surface area (Å²) in [6.45, 7) is 0. The summed E-state index contributed by atoms with van der Waals surface area (Å²) in [5, 5.41) is 28.0. The molecule has 0 fully saturated rings. The van der Waals surface area contributed by atoms with Crippen LogP contribution in [0.4, 0.5) is 5.69 Å². The Labute approximate surface area is 80.4 Å². The van der Waals surface area contributed by atoms with Gasteiger partial charge in [0.05, 0.1) is 17.1 Å². The Balaban J connectivity index is 2.91. The first-order valence-electron chi connectivity index (χ1n) is 3.98. The van der Waals surface area contributed by atoms with Crippen molar-refractivity contribution < 1.29 is 10.0 Å². The predicted molar refractivity (Wildman–Crippen MR) is 48.7 cm³/mol. The van der Waals surface area contributed by atoms with Crippen LogP contribution >= 0.6 is 0 Å². The molecular formula is C9H8N2O3. The monoisotopic (exact) mass is 192 g/mol. The summed E-state index contributed by atoms with van der Waals surface area (Å²) in [6, 6.07) is 5.80. The van der Waals surface area contributed by atoms with E-state index >= 15 is 0 Å². The van der Waals surface area contributed by atoms with E-state index in [-0.39, 0.29) is 17.9 Å². The molecule has 0 aromatic heterocycles. The number of benzene rings is 1. The fourth-order valence-corrected chi connectivity index (χ4v) is 1.07. The average Bonchev–Trinajstić information content (AvgIpc) is 2.15. The van der Waals surface area contributed by atoms with Crippen molar-refractivity contribution in [1.82, 2.24) is 0 Å². The molecule has 1 aromatic carbocycles. The average molecular weight is 192 g/mol. The Bertz CT molecular complexity index is 396. The minimum absolute atomic E-state index is 0.130. The van der Waals surface area contributed by atoms with E-state index in [1.54, 1.807) is 0 Å². The van der Waals surface area contributed by atoms with Crippen molar-refractivity contribution in [3.8, 4) is 11.8 Å². The highest BCUT2D eigenvalue weighted by Gasteiger charge is 2.09. The second kappa shape index (κ2) is 4.23. The van der Waals surface area contributed by atoms with Gasteiger partial charge in [0.15, 0.2) is 0 Å². The molecule has 0 saturated heterocycles. The molecule has 1 N–H and O–H groups in total. The van der Waals surface area contributed by atoms with Gasteiger partial charge in [-0.1, -0.05) is 0 Å². The Hall–Kier alpha value is -2.09. The second-order valence-electron chi connectivity index (χ2n) is 2.73. The molecule has 0 saturated carbocycles. The third kappa shape index (κ3) is 2.20. The molecule has 0 aliphatic carbocycles. The number of phenolic OH excluding ortho intramolecular Hbond substituents is 1. The second-order valence-corrected chi connectivity index (χ2v) is 2.73. The van der Waals surface area contributed by atoms with Gasteiger partial charge in [-0.2, -0.15) is 5.26 Å². The molecule has 0 atom stereocenters. The van der Waals surface area contributed by atoms with Crippen LogP contribution in [0.5, 0.6) is 5.75 Å². The topological polar surface area (TPSA) is 87.2 Å². The molecule has 14 heavy (non-hydrogen) atoms. The molecule has 0 bridgehead atoms. The first kappa shape index (κ1) is 9.99. The number of hydrogen-bond donors (Lipinski definition) is 1. The van der Waals surface area contributed by atoms with Crippen molar-refractivity contribution in [2.45, 2.75) is 12.8 Å². The van der Waals surface area contributed by atoms with Gasteiger partial charge in [-0.05, 0) is 18.1 Å². The molecule has 0 amide bonds. The van der Waals surface area contributed by atoms with Crippen LogP contribution in [-0.2, 0) is 6.42 Å². The Morgan fingerprint density at radius 2 is 2.29 bits per heavy atom. The van der Waals surface area contributed by atoms with E-state index in [2.05, 4.69) is 0 Å². The summed E-state index contributed by atoms with van der Waals surface area (Å²) >= 11 is 0. The normalized spacial score (nSPS) is 9.36. The molecule has 1 rings (SSSR count). The zero-order valence-corrected chi connectivity index (χ0v) is 7.30. The maximum Gasteiger partial charge on any atom is 0.273 e. The Morgan fingerprint density at radius 1 is 1.57 bits per heavy atom. The SMILES string of the molecule is N#CCCc1ccc([N+](=O)[O-])cc1O. The molecular weight excluding hydrogens is 184 g/mol. The van der Waals surface area contributed by atoms with Gasteiger partial charge in [0.2, 0.25) is 0 Å². The zero-order valence-electron chi connectivity index (χ0n) is 7.30. The summed E-state index contributed by atoms with van der Waals surface area (Å²) in [6.07, 6.45) is 0.686. The minimum Gasteiger partial charge on any atom is -0.507 e. The first-order valence-corrected chi connectivity index (χ1v) is 3.98. The lowest BCUT2D eigenvalue weighted by Crippen LogP contribution is -1.90. The molecule has 0 aliphatic rings. The number of nitro benzene ring substituents is 1. The van der Waals surface area contributed by atoms with E-state index in [0.717, 1.165) is 6.07 Å². The Kier molecular flexibility index (Phi) is 3.02. The van der Waals surface area contributed by atoms with E-state index in [1.165, 1.54) is 12.1 Å². The summed E-state index contributed by atoms with van der Waals surface area (Å²) in [4.78, 5) is 9.74. The predicted octanol–water partition coefficient (Wildman–Crippen LogP) is 1.76. The van der Waals surface area contributed by atoms with Gasteiger partial charge in [0, 0.05) is 12.5 Å². The molecule has 0 heterocycles. The molecule has 0 radical (unpaired) electrons. The van der Waals surface area contributed by atoms with Crippen LogP contribution < -0.4 is 0 Å². The van der Waals surface area contributed by atoms with E-state index in [9.17, 15) is 15.2 Å². The fraction of sp³-hybridized carbons (Fsp3) is 0.222. The number of rotatable bonds is 3. The summed E-state index contributed by atoms with van der Waals surface area (Å²) < 4.78 is 0. The maximum atomic E-state index is 10.3. The van der Waals surface area contributed by atoms with E-state index in [1.807, 2.05) is 6.07 Å². The highest BCUT2D eigenvalue weighted by molar-refractivity contribution is 5.43. The van der Waals surface area contributed by atoms with Crippen molar-refractivity contribution in [1.29, 1.82) is 5.26 Å². The van der Waals surface area contributed by atoms with Crippen LogP contribution in [0.1, 0.15) is 12.0 Å². The lowest BCUT2D eigenvalue weighted by molar-refractivity contribution is -0.384. The molecule has 5 nitrogen and oxygen atoms in total. The number of phenols is 1. The van der Waals surface area contributed by atoms with E-state index < -0.39 is 4.92 Å². The highest BCUT2D eigenvalue weighted by Crippen LogP contribution is 2.24. The number of nitro groups is 1. The van der Waals surface area contributed by atoms with Crippen LogP contribution in [0, 0.1) is 21.4 Å². The number of non-ortho nitro benzene ring substituents is 1. The molecule has 72 valence electrons. The van der Waals surface area contributed by atoms with Crippen molar-refractivity contribution in [3.63, 3.8) is 0 Å². The van der Waals surface area contributed by atoms with Crippen molar-refractivity contribution in [2.75, 3.05) is 0 Å². The van der Waals surface area contributed by atoms with Crippen molar-refractivity contribution >= 4 is 5.69 Å². The van der Waals surface area contributed by atoms with Crippen LogP contribution in [0.2, 0.25) is 0 Å². The third-order valence-electron chi connectivity index (χ3n) is 1.79. The molecule has 0 unspecified atom stereocenters. The van der Waals surface area contributed by atoms with Gasteiger partial charge < -0.3 is 5.11 Å². The van der Waals surface area contributed by atoms with Crippen LogP contribution in [0.15, 0.2) is 18.2 Å². The minimum atomic E-state index is -0.576. The van der Waals surface area contributed by atoms with Crippen LogP contribution in [0.3, 0.4) is 0 Å². The lowest BCUT2D eigenvalue weighted by Gasteiger charge is -2.00. The summed E-state index contributed by atoms with van der Waals surface area (Å²) in [7, 11) is 0. The largest absolute Gasteiger partial charge is 0.507 e. The quantitative estimate of drug-likeness (QED) is 0.583. The van der Waals surface area contributed by atoms with Gasteiger partial charge in [-0.15, -0.1) is 0 Å². The Morgan fingerprint density at radius 3 is 2.79 bits per heavy atom. The number of hydrogen-bond acceptors (Lipinski definition) is 4. The van der Waals surface area contributed by atoms with Crippen molar-refractivity contribution in [2.24, 2.45) is 0 Å². The van der Waals surface area contributed by atoms with E-state index in [4.69, 9.17) is 5.26 Å². The number of aryl methyl sites for hydroxylation is 1. The fourth-order valence-electron chi connectivity index (χ4n) is 1.07. The van der Waals surface area contributed by atoms with Crippen LogP contribution in [0.25, 0.3) is 0 Å². The molecule has 5 heteroatoms. The summed E-state index contributed by atoms with van der Waals surface area (Å²) in [5.41, 5.74) is 0.403. The number of aromatic hydroxyl groups is 1. The highest BCUT2D eigenvalue weighted by atomic mass is 16.6. The van der Waals surface area contributed by atoms with Gasteiger partial charge in [-0.25, -0.2) is 0 Å². The summed E-state index contributed by atoms with van der Waals surface area (Å²) in [5.74, 6) is -0.130. The molecule has 0 spiro atoms. The molecule has 1 aromatic rings. The lowest BCUT2D eigenvalue weighted by atomic mass is 10.1. The first-order chi connectivity index (χ1) is 6.65. The maximum absolute atomic E-state index is 10.3. The van der Waals surface area contributed by atoms with Gasteiger partial charge in [0.1, 0.15) is 5.75 Å². The third-order valence-corrected chi connectivity index (χ3v) is 1.79. The van der Waals surface area contributed by atoms with Gasteiger partial charge >= 0.3 is 0 Å². The number of nitriles is 1. The van der Waals surface area contributed by atoms with E-state index in [0.29, 0.717) is 12.0 Å². The standard InChI is InChI=1S/C9H8N2O3/c10-5-1-2-7-3-4-8(11(13)14)6-9(7)12/h3-4,6,12H,1-2H2. The van der Waals surface area contributed by atoms with Gasteiger partial charge in [-0.3, -0.25) is 10.1 Å². The number of nitrogens with zero attached hydrogens (tertiary/aromatic N) is 2. The van der Waals surface area contributed by atoms with Crippen molar-refractivity contribution in [3.05, 3.63) is 33.9 Å². The van der Waals surface area contributed by atoms with Crippen LogP contribution in [-0.4, -0.2) is 10.0 Å². The zero-order chi connectivity index (χ0) is 10.6.